The third-order valence-electron chi connectivity index (χ3n) is 4.09. The molecule has 2 N–H and O–H groups in total. The zero-order valence-electron chi connectivity index (χ0n) is 12.0. The van der Waals surface area contributed by atoms with Crippen LogP contribution < -0.4 is 10.9 Å². The number of aromatic amines is 1. The van der Waals surface area contributed by atoms with E-state index in [1.54, 1.807) is 6.07 Å². The van der Waals surface area contributed by atoms with E-state index in [-0.39, 0.29) is 16.9 Å². The molecule has 0 bridgehead atoms. The summed E-state index contributed by atoms with van der Waals surface area (Å²) in [6.45, 7) is 9.75. The fourth-order valence-corrected chi connectivity index (χ4v) is 3.18. The molecule has 3 atom stereocenters. The average molecular weight is 284 g/mol. The summed E-state index contributed by atoms with van der Waals surface area (Å²) in [6.07, 6.45) is 0.950. The van der Waals surface area contributed by atoms with Gasteiger partial charge in [-0.15, -0.1) is 0 Å². The molecule has 4 nitrogen and oxygen atoms in total. The van der Waals surface area contributed by atoms with Gasteiger partial charge in [0.05, 0.1) is 0 Å². The average Bonchev–Trinajstić information content (AvgIpc) is 2.30. The normalized spacial score (nSPS) is 28.4. The van der Waals surface area contributed by atoms with E-state index in [1.807, 2.05) is 0 Å². The minimum absolute atomic E-state index is 0.113. The van der Waals surface area contributed by atoms with Gasteiger partial charge in [0.1, 0.15) is 5.15 Å². The Morgan fingerprint density at radius 1 is 1.42 bits per heavy atom. The Morgan fingerprint density at radius 3 is 2.74 bits per heavy atom. The van der Waals surface area contributed by atoms with Crippen LogP contribution in [0, 0.1) is 11.3 Å². The van der Waals surface area contributed by atoms with Crippen molar-refractivity contribution in [1.82, 2.24) is 15.5 Å². The summed E-state index contributed by atoms with van der Waals surface area (Å²) in [5.74, 6) is 0.628. The van der Waals surface area contributed by atoms with Crippen molar-refractivity contribution >= 4 is 11.6 Å². The molecule has 2 heterocycles. The van der Waals surface area contributed by atoms with Gasteiger partial charge < -0.3 is 5.32 Å². The summed E-state index contributed by atoms with van der Waals surface area (Å²) in [5.41, 5.74) is 0.797. The number of hydrogen-bond acceptors (Lipinski definition) is 3. The quantitative estimate of drug-likeness (QED) is 0.833. The summed E-state index contributed by atoms with van der Waals surface area (Å²) in [7, 11) is 0. The van der Waals surface area contributed by atoms with Crippen molar-refractivity contribution in [3.63, 3.8) is 0 Å². The topological polar surface area (TPSA) is 57.8 Å². The number of halogens is 1. The van der Waals surface area contributed by atoms with Crippen LogP contribution >= 0.6 is 11.6 Å². The fourth-order valence-electron chi connectivity index (χ4n) is 3.02. The zero-order chi connectivity index (χ0) is 14.2. The highest BCUT2D eigenvalue weighted by Gasteiger charge is 2.38. The Kier molecular flexibility index (Phi) is 4.02. The monoisotopic (exact) mass is 283 g/mol. The molecule has 1 aliphatic rings. The first-order valence-electron chi connectivity index (χ1n) is 6.77. The maximum atomic E-state index is 12.1. The molecular formula is C14H22ClN3O. The van der Waals surface area contributed by atoms with Gasteiger partial charge in [0.15, 0.2) is 0 Å². The van der Waals surface area contributed by atoms with Gasteiger partial charge in [0.25, 0.3) is 5.56 Å². The maximum Gasteiger partial charge on any atom is 0.267 e. The van der Waals surface area contributed by atoms with Crippen LogP contribution in [0.1, 0.15) is 45.6 Å². The van der Waals surface area contributed by atoms with Crippen molar-refractivity contribution in [2.24, 2.45) is 11.3 Å². The molecule has 19 heavy (non-hydrogen) atoms. The van der Waals surface area contributed by atoms with Gasteiger partial charge in [-0.2, -0.15) is 5.10 Å². The lowest BCUT2D eigenvalue weighted by molar-refractivity contribution is 0.146. The number of aromatic nitrogens is 2. The Balaban J connectivity index is 2.42. The van der Waals surface area contributed by atoms with E-state index >= 15 is 0 Å². The third-order valence-corrected chi connectivity index (χ3v) is 4.29. The van der Waals surface area contributed by atoms with Gasteiger partial charge in [-0.05, 0) is 43.2 Å². The number of piperidine rings is 1. The molecule has 0 aliphatic carbocycles. The van der Waals surface area contributed by atoms with E-state index in [0.29, 0.717) is 17.1 Å². The summed E-state index contributed by atoms with van der Waals surface area (Å²) < 4.78 is 0. The van der Waals surface area contributed by atoms with Crippen LogP contribution in [0.3, 0.4) is 0 Å². The lowest BCUT2D eigenvalue weighted by Crippen LogP contribution is -2.47. The fraction of sp³-hybridized carbons (Fsp3) is 0.714. The molecule has 0 radical (unpaired) electrons. The van der Waals surface area contributed by atoms with E-state index in [9.17, 15) is 4.79 Å². The Morgan fingerprint density at radius 2 is 2.11 bits per heavy atom. The van der Waals surface area contributed by atoms with Crippen LogP contribution in [0.5, 0.6) is 0 Å². The van der Waals surface area contributed by atoms with Crippen LogP contribution in [0.4, 0.5) is 0 Å². The molecule has 0 aromatic carbocycles. The van der Waals surface area contributed by atoms with Gasteiger partial charge in [0, 0.05) is 11.6 Å². The number of rotatable bonds is 1. The van der Waals surface area contributed by atoms with Crippen molar-refractivity contribution in [1.29, 1.82) is 0 Å². The molecule has 0 spiro atoms. The Labute approximate surface area is 118 Å². The lowest BCUT2D eigenvalue weighted by Gasteiger charge is -2.43. The van der Waals surface area contributed by atoms with Crippen LogP contribution in [0.25, 0.3) is 0 Å². The van der Waals surface area contributed by atoms with Crippen LogP contribution in [-0.4, -0.2) is 22.8 Å². The van der Waals surface area contributed by atoms with Crippen molar-refractivity contribution in [3.8, 4) is 0 Å². The summed E-state index contributed by atoms with van der Waals surface area (Å²) >= 11 is 5.94. The molecule has 3 unspecified atom stereocenters. The number of H-pyrrole nitrogens is 1. The predicted molar refractivity (Wildman–Crippen MR) is 77.6 cm³/mol. The second-order valence-electron chi connectivity index (χ2n) is 6.60. The second-order valence-corrected chi connectivity index (χ2v) is 6.99. The molecule has 5 heteroatoms. The molecule has 2 rings (SSSR count). The van der Waals surface area contributed by atoms with Crippen molar-refractivity contribution in [2.45, 2.75) is 46.1 Å². The molecule has 1 aromatic heterocycles. The summed E-state index contributed by atoms with van der Waals surface area (Å²) in [6, 6.07) is 2.14. The molecule has 1 saturated heterocycles. The van der Waals surface area contributed by atoms with E-state index in [4.69, 9.17) is 11.6 Å². The highest BCUT2D eigenvalue weighted by Crippen LogP contribution is 2.41. The van der Waals surface area contributed by atoms with E-state index in [1.165, 1.54) is 0 Å². The van der Waals surface area contributed by atoms with E-state index < -0.39 is 0 Å². The van der Waals surface area contributed by atoms with Crippen molar-refractivity contribution < 1.29 is 0 Å². The van der Waals surface area contributed by atoms with E-state index in [0.717, 1.165) is 18.5 Å². The number of hydrogen-bond donors (Lipinski definition) is 2. The highest BCUT2D eigenvalue weighted by atomic mass is 35.5. The van der Waals surface area contributed by atoms with Crippen molar-refractivity contribution in [2.75, 3.05) is 6.54 Å². The largest absolute Gasteiger partial charge is 0.314 e. The molecule has 1 aromatic rings. The van der Waals surface area contributed by atoms with Crippen LogP contribution in [0.2, 0.25) is 5.15 Å². The molecular weight excluding hydrogens is 262 g/mol. The Bertz CT molecular complexity index is 506. The first-order valence-corrected chi connectivity index (χ1v) is 7.15. The molecule has 0 amide bonds. The molecule has 106 valence electrons. The van der Waals surface area contributed by atoms with E-state index in [2.05, 4.69) is 43.2 Å². The Hall–Kier alpha value is -0.870. The number of nitrogens with one attached hydrogen (secondary N) is 2. The van der Waals surface area contributed by atoms with Gasteiger partial charge >= 0.3 is 0 Å². The van der Waals surface area contributed by atoms with Crippen LogP contribution in [-0.2, 0) is 0 Å². The second kappa shape index (κ2) is 5.25. The van der Waals surface area contributed by atoms with Gasteiger partial charge in [-0.3, -0.25) is 4.79 Å². The zero-order valence-corrected chi connectivity index (χ0v) is 12.7. The highest BCUT2D eigenvalue weighted by molar-refractivity contribution is 6.29. The van der Waals surface area contributed by atoms with Gasteiger partial charge in [0.2, 0.25) is 0 Å². The van der Waals surface area contributed by atoms with Gasteiger partial charge in [-0.1, -0.05) is 32.4 Å². The summed E-state index contributed by atoms with van der Waals surface area (Å²) in [4.78, 5) is 12.1. The van der Waals surface area contributed by atoms with Gasteiger partial charge in [-0.25, -0.2) is 5.10 Å². The summed E-state index contributed by atoms with van der Waals surface area (Å²) in [5, 5.41) is 10.1. The molecule has 1 fully saturated rings. The minimum Gasteiger partial charge on any atom is -0.314 e. The number of nitrogens with zero attached hydrogens (tertiary/aromatic N) is 1. The smallest absolute Gasteiger partial charge is 0.267 e. The predicted octanol–water partition coefficient (Wildman–Crippen LogP) is 2.55. The lowest BCUT2D eigenvalue weighted by atomic mass is 9.67. The molecule has 1 aliphatic heterocycles. The maximum absolute atomic E-state index is 12.1. The van der Waals surface area contributed by atoms with Crippen LogP contribution in [0.15, 0.2) is 10.9 Å². The third kappa shape index (κ3) is 3.18. The first kappa shape index (κ1) is 14.5. The standard InChI is InChI=1S/C14H22ClN3O/c1-8-5-9(11(7-16-8)14(2,3)4)10-6-12(15)17-18-13(10)19/h6,8-9,11,16H,5,7H2,1-4H3,(H,18,19). The molecule has 0 saturated carbocycles. The SMILES string of the molecule is CC1CC(c2cc(Cl)n[nH]c2=O)C(C(C)(C)C)CN1. The first-order chi connectivity index (χ1) is 8.79. The van der Waals surface area contributed by atoms with Crippen molar-refractivity contribution in [3.05, 3.63) is 27.1 Å². The minimum atomic E-state index is -0.113.